The number of fused-ring (bicyclic) bond motifs is 1. The van der Waals surface area contributed by atoms with Crippen LogP contribution in [0.15, 0.2) is 36.4 Å². The van der Waals surface area contributed by atoms with Gasteiger partial charge in [-0.25, -0.2) is 4.79 Å². The molecule has 0 bridgehead atoms. The molecule has 2 aromatic carbocycles. The van der Waals surface area contributed by atoms with Gasteiger partial charge < -0.3 is 14.2 Å². The van der Waals surface area contributed by atoms with Crippen LogP contribution >= 0.6 is 0 Å². The first-order chi connectivity index (χ1) is 10.5. The molecule has 3 rings (SSSR count). The van der Waals surface area contributed by atoms with Gasteiger partial charge in [-0.3, -0.25) is 0 Å². The maximum atomic E-state index is 12.3. The number of benzene rings is 2. The first-order valence-electron chi connectivity index (χ1n) is 7.22. The number of carbonyl (C=O) groups excluding carboxylic acids is 1. The van der Waals surface area contributed by atoms with Crippen LogP contribution in [-0.2, 0) is 4.79 Å². The molecule has 0 fully saturated rings. The molecule has 1 unspecified atom stereocenters. The second kappa shape index (κ2) is 5.72. The van der Waals surface area contributed by atoms with Crippen molar-refractivity contribution in [3.05, 3.63) is 53.1 Å². The van der Waals surface area contributed by atoms with Crippen molar-refractivity contribution in [3.8, 4) is 17.2 Å². The molecule has 114 valence electrons. The Hall–Kier alpha value is -2.49. The summed E-state index contributed by atoms with van der Waals surface area (Å²) in [7, 11) is 0. The lowest BCUT2D eigenvalue weighted by Gasteiger charge is -2.25. The number of carbonyl (C=O) groups is 1. The van der Waals surface area contributed by atoms with Crippen LogP contribution in [0.3, 0.4) is 0 Å². The van der Waals surface area contributed by atoms with E-state index >= 15 is 0 Å². The van der Waals surface area contributed by atoms with Gasteiger partial charge in [-0.05, 0) is 44.0 Å². The molecule has 22 heavy (non-hydrogen) atoms. The van der Waals surface area contributed by atoms with Crippen molar-refractivity contribution in [3.63, 3.8) is 0 Å². The fourth-order valence-electron chi connectivity index (χ4n) is 2.63. The van der Waals surface area contributed by atoms with E-state index in [4.69, 9.17) is 14.2 Å². The summed E-state index contributed by atoms with van der Waals surface area (Å²) in [6, 6.07) is 11.3. The smallest absolute Gasteiger partial charge is 0.356 e. The van der Waals surface area contributed by atoms with Crippen LogP contribution in [-0.4, -0.2) is 18.7 Å². The second-order valence-corrected chi connectivity index (χ2v) is 5.51. The molecular formula is C18H18O4. The molecule has 1 aliphatic heterocycles. The zero-order chi connectivity index (χ0) is 15.7. The molecule has 0 aliphatic carbocycles. The number of para-hydroxylation sites is 2. The molecule has 1 atom stereocenters. The minimum absolute atomic E-state index is 0.153. The Morgan fingerprint density at radius 1 is 1.09 bits per heavy atom. The maximum absolute atomic E-state index is 12.3. The van der Waals surface area contributed by atoms with Crippen LogP contribution in [0.1, 0.15) is 16.7 Å². The van der Waals surface area contributed by atoms with Gasteiger partial charge in [0.25, 0.3) is 0 Å². The average Bonchev–Trinajstić information content (AvgIpc) is 2.50. The van der Waals surface area contributed by atoms with E-state index in [-0.39, 0.29) is 6.61 Å². The maximum Gasteiger partial charge on any atom is 0.356 e. The standard InChI is InChI=1S/C18H18O4/c1-11-8-12(2)17(13(3)9-11)22-18(19)16-10-20-14-6-4-5-7-15(14)21-16/h4-9,16H,10H2,1-3H3. The second-order valence-electron chi connectivity index (χ2n) is 5.51. The van der Waals surface area contributed by atoms with Crippen molar-refractivity contribution in [1.82, 2.24) is 0 Å². The highest BCUT2D eigenvalue weighted by molar-refractivity contribution is 5.79. The monoisotopic (exact) mass is 298 g/mol. The predicted octanol–water partition coefficient (Wildman–Crippen LogP) is 3.36. The van der Waals surface area contributed by atoms with E-state index in [9.17, 15) is 4.79 Å². The molecule has 0 saturated heterocycles. The van der Waals surface area contributed by atoms with Gasteiger partial charge in [-0.1, -0.05) is 29.8 Å². The third-order valence-corrected chi connectivity index (χ3v) is 3.58. The minimum Gasteiger partial charge on any atom is -0.485 e. The Labute approximate surface area is 129 Å². The predicted molar refractivity (Wildman–Crippen MR) is 82.6 cm³/mol. The summed E-state index contributed by atoms with van der Waals surface area (Å²) in [6.45, 7) is 6.02. The number of hydrogen-bond donors (Lipinski definition) is 0. The Morgan fingerprint density at radius 3 is 2.41 bits per heavy atom. The highest BCUT2D eigenvalue weighted by Crippen LogP contribution is 2.32. The summed E-state index contributed by atoms with van der Waals surface area (Å²) in [6.07, 6.45) is -0.755. The van der Waals surface area contributed by atoms with Gasteiger partial charge >= 0.3 is 5.97 Å². The molecule has 0 N–H and O–H groups in total. The van der Waals surface area contributed by atoms with Crippen LogP contribution in [0, 0.1) is 20.8 Å². The summed E-state index contributed by atoms with van der Waals surface area (Å²) in [5.41, 5.74) is 3.01. The minimum atomic E-state index is -0.755. The zero-order valence-corrected chi connectivity index (χ0v) is 12.9. The molecule has 1 aliphatic rings. The summed E-state index contributed by atoms with van der Waals surface area (Å²) < 4.78 is 16.8. The van der Waals surface area contributed by atoms with Crippen LogP contribution in [0.2, 0.25) is 0 Å². The third-order valence-electron chi connectivity index (χ3n) is 3.58. The Morgan fingerprint density at radius 2 is 1.73 bits per heavy atom. The summed E-state index contributed by atoms with van der Waals surface area (Å²) >= 11 is 0. The van der Waals surface area contributed by atoms with Crippen LogP contribution in [0.5, 0.6) is 17.2 Å². The molecule has 0 aromatic heterocycles. The quantitative estimate of drug-likeness (QED) is 0.630. The Bertz CT molecular complexity index is 698. The largest absolute Gasteiger partial charge is 0.485 e. The molecular weight excluding hydrogens is 280 g/mol. The molecule has 0 spiro atoms. The lowest BCUT2D eigenvalue weighted by atomic mass is 10.1. The fourth-order valence-corrected chi connectivity index (χ4v) is 2.63. The van der Waals surface area contributed by atoms with Crippen molar-refractivity contribution >= 4 is 5.97 Å². The summed E-state index contributed by atoms with van der Waals surface area (Å²) in [5.74, 6) is 1.37. The van der Waals surface area contributed by atoms with Gasteiger partial charge in [-0.2, -0.15) is 0 Å². The lowest BCUT2D eigenvalue weighted by molar-refractivity contribution is -0.144. The Balaban J connectivity index is 1.77. The highest BCUT2D eigenvalue weighted by Gasteiger charge is 2.29. The van der Waals surface area contributed by atoms with Gasteiger partial charge in [0.1, 0.15) is 12.4 Å². The van der Waals surface area contributed by atoms with E-state index in [0.29, 0.717) is 17.2 Å². The average molecular weight is 298 g/mol. The molecule has 1 heterocycles. The van der Waals surface area contributed by atoms with E-state index in [2.05, 4.69) is 0 Å². The summed E-state index contributed by atoms with van der Waals surface area (Å²) in [4.78, 5) is 12.3. The van der Waals surface area contributed by atoms with E-state index in [0.717, 1.165) is 16.7 Å². The number of esters is 1. The van der Waals surface area contributed by atoms with Crippen LogP contribution in [0.25, 0.3) is 0 Å². The first kappa shape index (κ1) is 14.4. The SMILES string of the molecule is Cc1cc(C)c(OC(=O)C2COc3ccccc3O2)c(C)c1. The van der Waals surface area contributed by atoms with Gasteiger partial charge in [0.15, 0.2) is 11.5 Å². The van der Waals surface area contributed by atoms with Gasteiger partial charge in [0.05, 0.1) is 0 Å². The lowest BCUT2D eigenvalue weighted by Crippen LogP contribution is -2.39. The first-order valence-corrected chi connectivity index (χ1v) is 7.22. The molecule has 0 amide bonds. The van der Waals surface area contributed by atoms with E-state index in [1.54, 1.807) is 6.07 Å². The number of aryl methyl sites for hydroxylation is 3. The fraction of sp³-hybridized carbons (Fsp3) is 0.278. The van der Waals surface area contributed by atoms with Gasteiger partial charge in [0, 0.05) is 0 Å². The number of rotatable bonds is 2. The normalized spacial score (nSPS) is 16.2. The van der Waals surface area contributed by atoms with E-state index in [1.807, 2.05) is 51.1 Å². The third kappa shape index (κ3) is 2.77. The molecule has 0 radical (unpaired) electrons. The zero-order valence-electron chi connectivity index (χ0n) is 12.9. The highest BCUT2D eigenvalue weighted by atomic mass is 16.6. The molecule has 2 aromatic rings. The van der Waals surface area contributed by atoms with Crippen LogP contribution < -0.4 is 14.2 Å². The summed E-state index contributed by atoms with van der Waals surface area (Å²) in [5, 5.41) is 0. The number of ether oxygens (including phenoxy) is 3. The number of hydrogen-bond acceptors (Lipinski definition) is 4. The van der Waals surface area contributed by atoms with Crippen molar-refractivity contribution in [2.75, 3.05) is 6.61 Å². The molecule has 0 saturated carbocycles. The van der Waals surface area contributed by atoms with Gasteiger partial charge in [-0.15, -0.1) is 0 Å². The molecule has 4 nitrogen and oxygen atoms in total. The van der Waals surface area contributed by atoms with Crippen molar-refractivity contribution < 1.29 is 19.0 Å². The van der Waals surface area contributed by atoms with Crippen molar-refractivity contribution in [1.29, 1.82) is 0 Å². The van der Waals surface area contributed by atoms with Crippen LogP contribution in [0.4, 0.5) is 0 Å². The van der Waals surface area contributed by atoms with E-state index < -0.39 is 12.1 Å². The molecule has 4 heteroatoms. The van der Waals surface area contributed by atoms with E-state index in [1.165, 1.54) is 0 Å². The Kier molecular flexibility index (Phi) is 3.75. The van der Waals surface area contributed by atoms with Gasteiger partial charge in [0.2, 0.25) is 6.10 Å². The van der Waals surface area contributed by atoms with Crippen molar-refractivity contribution in [2.24, 2.45) is 0 Å². The topological polar surface area (TPSA) is 44.8 Å². The van der Waals surface area contributed by atoms with Crippen molar-refractivity contribution in [2.45, 2.75) is 26.9 Å².